The Labute approximate surface area is 191 Å². The van der Waals surface area contributed by atoms with Crippen molar-refractivity contribution in [2.75, 3.05) is 19.1 Å². The van der Waals surface area contributed by atoms with Crippen LogP contribution in [0.1, 0.15) is 42.7 Å². The quantitative estimate of drug-likeness (QED) is 0.323. The van der Waals surface area contributed by atoms with Crippen LogP contribution in [0.4, 0.5) is 5.69 Å². The number of nitrogens with zero attached hydrogens (tertiary/aromatic N) is 1. The predicted molar refractivity (Wildman–Crippen MR) is 124 cm³/mol. The van der Waals surface area contributed by atoms with Crippen molar-refractivity contribution in [1.29, 1.82) is 0 Å². The topological polar surface area (TPSA) is 89.2 Å². The number of ether oxygens (including phenoxy) is 2. The molecule has 0 saturated carbocycles. The number of rotatable bonds is 6. The Balaban J connectivity index is 1.94. The second-order valence-electron chi connectivity index (χ2n) is 7.97. The number of amides is 1. The monoisotopic (exact) mass is 447 g/mol. The number of benzene rings is 2. The Kier molecular flexibility index (Phi) is 5.96. The van der Waals surface area contributed by atoms with Gasteiger partial charge in [-0.1, -0.05) is 32.0 Å². The number of ketones is 1. The van der Waals surface area contributed by atoms with Crippen LogP contribution in [-0.2, 0) is 9.59 Å². The Hall–Kier alpha value is -4.00. The molecule has 1 atom stereocenters. The maximum atomic E-state index is 13.3. The highest BCUT2D eigenvalue weighted by molar-refractivity contribution is 6.51. The molecular formula is C26H25NO6. The fourth-order valence-electron chi connectivity index (χ4n) is 4.05. The second-order valence-corrected chi connectivity index (χ2v) is 7.97. The summed E-state index contributed by atoms with van der Waals surface area (Å²) in [5.74, 6) is -0.717. The molecule has 0 spiro atoms. The average molecular weight is 447 g/mol. The second kappa shape index (κ2) is 8.86. The number of Topliss-reactive ketones (excluding diaryl/α,β-unsaturated/α-hetero) is 1. The number of aliphatic hydroxyl groups is 1. The zero-order valence-electron chi connectivity index (χ0n) is 18.9. The van der Waals surface area contributed by atoms with Gasteiger partial charge in [-0.05, 0) is 47.9 Å². The highest BCUT2D eigenvalue weighted by Gasteiger charge is 2.48. The van der Waals surface area contributed by atoms with Crippen molar-refractivity contribution < 1.29 is 28.6 Å². The van der Waals surface area contributed by atoms with Crippen LogP contribution >= 0.6 is 0 Å². The molecular weight excluding hydrogens is 422 g/mol. The van der Waals surface area contributed by atoms with E-state index < -0.39 is 23.5 Å². The summed E-state index contributed by atoms with van der Waals surface area (Å²) >= 11 is 0. The molecule has 2 aromatic carbocycles. The molecule has 170 valence electrons. The Morgan fingerprint density at radius 2 is 1.61 bits per heavy atom. The molecule has 7 heteroatoms. The van der Waals surface area contributed by atoms with Gasteiger partial charge in [-0.25, -0.2) is 0 Å². The van der Waals surface area contributed by atoms with Gasteiger partial charge in [-0.2, -0.15) is 0 Å². The molecule has 1 aromatic heterocycles. The molecule has 1 amide bonds. The van der Waals surface area contributed by atoms with Crippen LogP contribution in [0.25, 0.3) is 5.76 Å². The summed E-state index contributed by atoms with van der Waals surface area (Å²) in [6.45, 7) is 4.15. The fraction of sp³-hybridized carbons (Fsp3) is 0.231. The van der Waals surface area contributed by atoms with Crippen LogP contribution in [0.15, 0.2) is 70.9 Å². The number of methoxy groups -OCH3 is 2. The third-order valence-electron chi connectivity index (χ3n) is 5.76. The van der Waals surface area contributed by atoms with Crippen molar-refractivity contribution in [2.24, 2.45) is 0 Å². The number of furan rings is 1. The van der Waals surface area contributed by atoms with Gasteiger partial charge >= 0.3 is 0 Å². The van der Waals surface area contributed by atoms with Crippen LogP contribution in [0.3, 0.4) is 0 Å². The van der Waals surface area contributed by atoms with E-state index in [1.807, 2.05) is 12.1 Å². The van der Waals surface area contributed by atoms with Crippen LogP contribution in [0.5, 0.6) is 11.5 Å². The van der Waals surface area contributed by atoms with Gasteiger partial charge in [0.25, 0.3) is 11.7 Å². The summed E-state index contributed by atoms with van der Waals surface area (Å²) < 4.78 is 16.4. The van der Waals surface area contributed by atoms with E-state index in [2.05, 4.69) is 13.8 Å². The van der Waals surface area contributed by atoms with Crippen molar-refractivity contribution in [3.8, 4) is 11.5 Å². The highest BCUT2D eigenvalue weighted by atomic mass is 16.5. The van der Waals surface area contributed by atoms with Gasteiger partial charge < -0.3 is 19.0 Å². The van der Waals surface area contributed by atoms with E-state index in [9.17, 15) is 14.7 Å². The van der Waals surface area contributed by atoms with E-state index in [0.29, 0.717) is 28.9 Å². The van der Waals surface area contributed by atoms with Gasteiger partial charge in [0.05, 0.1) is 26.1 Å². The SMILES string of the molecule is COc1cccc(OC)c1/C(O)=C1\C(=O)C(=O)N(c2ccc(C(C)C)cc2)C1c1ccco1. The summed E-state index contributed by atoms with van der Waals surface area (Å²) in [5.41, 5.74) is 1.70. The minimum Gasteiger partial charge on any atom is -0.506 e. The van der Waals surface area contributed by atoms with E-state index in [0.717, 1.165) is 5.56 Å². The molecule has 7 nitrogen and oxygen atoms in total. The van der Waals surface area contributed by atoms with Crippen LogP contribution < -0.4 is 14.4 Å². The molecule has 4 rings (SSSR count). The van der Waals surface area contributed by atoms with Gasteiger partial charge in [0.1, 0.15) is 34.6 Å². The summed E-state index contributed by atoms with van der Waals surface area (Å²) in [6, 6.07) is 14.8. The first-order valence-corrected chi connectivity index (χ1v) is 10.5. The molecule has 2 heterocycles. The fourth-order valence-corrected chi connectivity index (χ4v) is 4.05. The first-order chi connectivity index (χ1) is 15.9. The van der Waals surface area contributed by atoms with E-state index in [-0.39, 0.29) is 11.1 Å². The maximum Gasteiger partial charge on any atom is 0.300 e. The van der Waals surface area contributed by atoms with E-state index in [4.69, 9.17) is 13.9 Å². The first kappa shape index (κ1) is 22.2. The van der Waals surface area contributed by atoms with Crippen LogP contribution in [0.2, 0.25) is 0 Å². The van der Waals surface area contributed by atoms with E-state index in [1.165, 1.54) is 25.4 Å². The maximum absolute atomic E-state index is 13.3. The Morgan fingerprint density at radius 3 is 2.12 bits per heavy atom. The Morgan fingerprint density at radius 1 is 0.970 bits per heavy atom. The zero-order valence-corrected chi connectivity index (χ0v) is 18.9. The molecule has 1 saturated heterocycles. The Bertz CT molecular complexity index is 1190. The molecule has 1 aliphatic heterocycles. The minimum atomic E-state index is -0.959. The lowest BCUT2D eigenvalue weighted by Gasteiger charge is -2.24. The molecule has 1 N–H and O–H groups in total. The molecule has 3 aromatic rings. The van der Waals surface area contributed by atoms with Gasteiger partial charge in [0.15, 0.2) is 0 Å². The summed E-state index contributed by atoms with van der Waals surface area (Å²) in [6.07, 6.45) is 1.46. The predicted octanol–water partition coefficient (Wildman–Crippen LogP) is 5.05. The zero-order chi connectivity index (χ0) is 23.7. The average Bonchev–Trinajstić information content (AvgIpc) is 3.45. The molecule has 1 aliphatic rings. The normalized spacial score (nSPS) is 17.6. The lowest BCUT2D eigenvalue weighted by atomic mass is 9.98. The molecule has 33 heavy (non-hydrogen) atoms. The lowest BCUT2D eigenvalue weighted by Crippen LogP contribution is -2.29. The third-order valence-corrected chi connectivity index (χ3v) is 5.76. The number of carbonyl (C=O) groups excluding carboxylic acids is 2. The van der Waals surface area contributed by atoms with Gasteiger partial charge in [0, 0.05) is 5.69 Å². The van der Waals surface area contributed by atoms with Gasteiger partial charge in [-0.3, -0.25) is 14.5 Å². The van der Waals surface area contributed by atoms with E-state index in [1.54, 1.807) is 42.5 Å². The molecule has 0 aliphatic carbocycles. The van der Waals surface area contributed by atoms with Crippen molar-refractivity contribution in [1.82, 2.24) is 0 Å². The molecule has 1 fully saturated rings. The van der Waals surface area contributed by atoms with E-state index >= 15 is 0 Å². The number of carbonyl (C=O) groups is 2. The van der Waals surface area contributed by atoms with Crippen molar-refractivity contribution >= 4 is 23.1 Å². The van der Waals surface area contributed by atoms with Crippen LogP contribution in [-0.4, -0.2) is 31.0 Å². The number of hydrogen-bond acceptors (Lipinski definition) is 6. The van der Waals surface area contributed by atoms with Crippen molar-refractivity contribution in [3.63, 3.8) is 0 Å². The van der Waals surface area contributed by atoms with Crippen molar-refractivity contribution in [2.45, 2.75) is 25.8 Å². The molecule has 0 bridgehead atoms. The smallest absolute Gasteiger partial charge is 0.300 e. The summed E-state index contributed by atoms with van der Waals surface area (Å²) in [4.78, 5) is 27.8. The lowest BCUT2D eigenvalue weighted by molar-refractivity contribution is -0.132. The van der Waals surface area contributed by atoms with Crippen molar-refractivity contribution in [3.05, 3.63) is 83.3 Å². The minimum absolute atomic E-state index is 0.106. The first-order valence-electron chi connectivity index (χ1n) is 10.5. The number of hydrogen-bond donors (Lipinski definition) is 1. The number of anilines is 1. The molecule has 0 radical (unpaired) electrons. The summed E-state index contributed by atoms with van der Waals surface area (Å²) in [7, 11) is 2.90. The van der Waals surface area contributed by atoms with Gasteiger partial charge in [0.2, 0.25) is 0 Å². The standard InChI is InChI=1S/C26H25NO6/c1-15(2)16-10-12-17(13-11-16)27-23(20-9-6-14-33-20)22(25(29)26(27)30)24(28)21-18(31-3)7-5-8-19(21)32-4/h5-15,23,28H,1-4H3/b24-22+. The van der Waals surface area contributed by atoms with Gasteiger partial charge in [-0.15, -0.1) is 0 Å². The summed E-state index contributed by atoms with van der Waals surface area (Å²) in [5, 5.41) is 11.4. The highest BCUT2D eigenvalue weighted by Crippen LogP contribution is 2.45. The van der Waals surface area contributed by atoms with Crippen LogP contribution in [0, 0.1) is 0 Å². The third kappa shape index (κ3) is 3.75. The molecule has 1 unspecified atom stereocenters. The number of aliphatic hydroxyl groups excluding tert-OH is 1. The largest absolute Gasteiger partial charge is 0.506 e.